The van der Waals surface area contributed by atoms with Gasteiger partial charge in [0, 0.05) is 11.1 Å². The highest BCUT2D eigenvalue weighted by molar-refractivity contribution is 5.45. The summed E-state index contributed by atoms with van der Waals surface area (Å²) < 4.78 is 0. The number of hydrogen-bond donors (Lipinski definition) is 0. The van der Waals surface area contributed by atoms with E-state index in [-0.39, 0.29) is 0 Å². The van der Waals surface area contributed by atoms with Crippen LogP contribution in [0.1, 0.15) is 11.1 Å². The molecule has 0 aliphatic heterocycles. The number of rotatable bonds is 0. The fourth-order valence-corrected chi connectivity index (χ4v) is 0.853. The van der Waals surface area contributed by atoms with E-state index < -0.39 is 0 Å². The lowest BCUT2D eigenvalue weighted by Gasteiger charge is -1.89. The van der Waals surface area contributed by atoms with Crippen molar-refractivity contribution >= 4 is 0 Å². The van der Waals surface area contributed by atoms with Crippen LogP contribution in [0.25, 0.3) is 0 Å². The Balaban J connectivity index is 2.92. The highest BCUT2D eigenvalue weighted by Crippen LogP contribution is 2.01. The minimum absolute atomic E-state index is 0.870. The van der Waals surface area contributed by atoms with Crippen LogP contribution >= 0.6 is 0 Å². The Labute approximate surface area is 84.3 Å². The zero-order valence-electron chi connectivity index (χ0n) is 7.46. The SMILES string of the molecule is C#CC#Cc1ccc(C#CC#C)cc1. The van der Waals surface area contributed by atoms with E-state index in [0.717, 1.165) is 11.1 Å². The van der Waals surface area contributed by atoms with Crippen LogP contribution in [0.4, 0.5) is 0 Å². The smallest absolute Gasteiger partial charge is 0.0256 e. The quantitative estimate of drug-likeness (QED) is 0.525. The maximum atomic E-state index is 5.00. The fraction of sp³-hybridized carbons (Fsp3) is 0. The number of hydrogen-bond acceptors (Lipinski definition) is 0. The van der Waals surface area contributed by atoms with Gasteiger partial charge in [0.25, 0.3) is 0 Å². The molecule has 0 saturated carbocycles. The van der Waals surface area contributed by atoms with Gasteiger partial charge in [-0.05, 0) is 47.9 Å². The molecule has 0 heteroatoms. The van der Waals surface area contributed by atoms with E-state index in [1.54, 1.807) is 0 Å². The van der Waals surface area contributed by atoms with E-state index in [1.807, 2.05) is 24.3 Å². The van der Waals surface area contributed by atoms with E-state index >= 15 is 0 Å². The predicted molar refractivity (Wildman–Crippen MR) is 57.9 cm³/mol. The third kappa shape index (κ3) is 2.83. The summed E-state index contributed by atoms with van der Waals surface area (Å²) >= 11 is 0. The van der Waals surface area contributed by atoms with Gasteiger partial charge >= 0.3 is 0 Å². The average molecular weight is 174 g/mol. The lowest BCUT2D eigenvalue weighted by Crippen LogP contribution is -1.76. The first-order valence-electron chi connectivity index (χ1n) is 3.90. The van der Waals surface area contributed by atoms with Crippen LogP contribution in [0, 0.1) is 48.4 Å². The monoisotopic (exact) mass is 174 g/mol. The van der Waals surface area contributed by atoms with Crippen LogP contribution in [0.15, 0.2) is 24.3 Å². The van der Waals surface area contributed by atoms with Gasteiger partial charge in [-0.25, -0.2) is 0 Å². The molecule has 0 fully saturated rings. The van der Waals surface area contributed by atoms with Gasteiger partial charge in [0.1, 0.15) is 0 Å². The molecule has 0 heterocycles. The predicted octanol–water partition coefficient (Wildman–Crippen LogP) is 1.66. The van der Waals surface area contributed by atoms with Crippen molar-refractivity contribution in [2.24, 2.45) is 0 Å². The van der Waals surface area contributed by atoms with Crippen molar-refractivity contribution < 1.29 is 0 Å². The van der Waals surface area contributed by atoms with Crippen LogP contribution in [0.3, 0.4) is 0 Å². The van der Waals surface area contributed by atoms with Crippen molar-refractivity contribution in [3.8, 4) is 48.4 Å². The van der Waals surface area contributed by atoms with E-state index in [4.69, 9.17) is 12.8 Å². The van der Waals surface area contributed by atoms with Gasteiger partial charge in [-0.1, -0.05) is 11.8 Å². The second-order valence-corrected chi connectivity index (χ2v) is 2.37. The maximum absolute atomic E-state index is 5.00. The lowest BCUT2D eigenvalue weighted by molar-refractivity contribution is 1.60. The summed E-state index contributed by atoms with van der Waals surface area (Å²) in [6.07, 6.45) is 10.0. The van der Waals surface area contributed by atoms with Gasteiger partial charge in [0.05, 0.1) is 0 Å². The minimum atomic E-state index is 0.870. The Morgan fingerprint density at radius 2 is 1.07 bits per heavy atom. The normalized spacial score (nSPS) is 6.71. The van der Waals surface area contributed by atoms with Gasteiger partial charge < -0.3 is 0 Å². The Hall–Kier alpha value is -2.54. The van der Waals surface area contributed by atoms with Crippen molar-refractivity contribution in [2.45, 2.75) is 0 Å². The highest BCUT2D eigenvalue weighted by Gasteiger charge is 1.86. The van der Waals surface area contributed by atoms with Gasteiger partial charge in [-0.2, -0.15) is 0 Å². The molecule has 0 spiro atoms. The van der Waals surface area contributed by atoms with E-state index in [9.17, 15) is 0 Å². The van der Waals surface area contributed by atoms with E-state index in [2.05, 4.69) is 35.5 Å². The third-order valence-electron chi connectivity index (χ3n) is 1.44. The van der Waals surface area contributed by atoms with Crippen molar-refractivity contribution in [3.05, 3.63) is 35.4 Å². The van der Waals surface area contributed by atoms with Crippen molar-refractivity contribution in [2.75, 3.05) is 0 Å². The average Bonchev–Trinajstić information content (AvgIpc) is 2.25. The largest absolute Gasteiger partial charge is 0.106 e. The number of benzene rings is 1. The topological polar surface area (TPSA) is 0 Å². The molecular weight excluding hydrogens is 168 g/mol. The summed E-state index contributed by atoms with van der Waals surface area (Å²) in [4.78, 5) is 0. The van der Waals surface area contributed by atoms with Crippen molar-refractivity contribution in [3.63, 3.8) is 0 Å². The molecule has 0 aliphatic carbocycles. The molecule has 1 aromatic rings. The van der Waals surface area contributed by atoms with Crippen LogP contribution in [-0.2, 0) is 0 Å². The molecule has 1 aromatic carbocycles. The van der Waals surface area contributed by atoms with Crippen molar-refractivity contribution in [1.29, 1.82) is 0 Å². The van der Waals surface area contributed by atoms with Crippen LogP contribution in [-0.4, -0.2) is 0 Å². The molecule has 0 radical (unpaired) electrons. The number of terminal acetylenes is 2. The molecule has 0 nitrogen and oxygen atoms in total. The molecule has 0 aliphatic rings. The van der Waals surface area contributed by atoms with Gasteiger partial charge in [-0.3, -0.25) is 0 Å². The Kier molecular flexibility index (Phi) is 3.52. The first-order valence-corrected chi connectivity index (χ1v) is 3.90. The second-order valence-electron chi connectivity index (χ2n) is 2.37. The minimum Gasteiger partial charge on any atom is -0.106 e. The van der Waals surface area contributed by atoms with Gasteiger partial charge in [0.2, 0.25) is 0 Å². The molecular formula is C14H6. The Morgan fingerprint density at radius 1 is 0.714 bits per heavy atom. The summed E-state index contributed by atoms with van der Waals surface area (Å²) in [7, 11) is 0. The molecule has 14 heavy (non-hydrogen) atoms. The highest BCUT2D eigenvalue weighted by atomic mass is 13.9. The van der Waals surface area contributed by atoms with Crippen LogP contribution in [0.2, 0.25) is 0 Å². The van der Waals surface area contributed by atoms with Gasteiger partial charge in [0.15, 0.2) is 0 Å². The van der Waals surface area contributed by atoms with E-state index in [0.29, 0.717) is 0 Å². The Morgan fingerprint density at radius 3 is 1.36 bits per heavy atom. The van der Waals surface area contributed by atoms with Crippen molar-refractivity contribution in [1.82, 2.24) is 0 Å². The molecule has 0 amide bonds. The summed E-state index contributed by atoms with van der Waals surface area (Å²) in [5, 5.41) is 0. The molecule has 0 N–H and O–H groups in total. The molecule has 0 unspecified atom stereocenters. The lowest BCUT2D eigenvalue weighted by atomic mass is 10.1. The molecule has 0 bridgehead atoms. The van der Waals surface area contributed by atoms with Crippen LogP contribution in [0.5, 0.6) is 0 Å². The first-order chi connectivity index (χ1) is 6.86. The summed E-state index contributed by atoms with van der Waals surface area (Å²) in [5.41, 5.74) is 1.74. The van der Waals surface area contributed by atoms with Gasteiger partial charge in [-0.15, -0.1) is 12.8 Å². The first kappa shape index (κ1) is 9.55. The summed E-state index contributed by atoms with van der Waals surface area (Å²) in [6.45, 7) is 0. The summed E-state index contributed by atoms with van der Waals surface area (Å²) in [6, 6.07) is 7.41. The molecule has 0 aromatic heterocycles. The zero-order chi connectivity index (χ0) is 10.2. The second kappa shape index (κ2) is 5.17. The molecule has 0 atom stereocenters. The summed E-state index contributed by atoms with van der Waals surface area (Å²) in [5.74, 6) is 15.2. The zero-order valence-corrected chi connectivity index (χ0v) is 7.46. The third-order valence-corrected chi connectivity index (χ3v) is 1.44. The maximum Gasteiger partial charge on any atom is 0.0256 e. The van der Waals surface area contributed by atoms with Crippen LogP contribution < -0.4 is 0 Å². The molecule has 1 rings (SSSR count). The molecule has 0 saturated heterocycles. The standard InChI is InChI=1S/C14H6/c1-3-5-7-13-9-11-14(12-10-13)8-6-4-2/h1-2,9-12H. The fourth-order valence-electron chi connectivity index (χ4n) is 0.853. The molecule has 62 valence electrons. The van der Waals surface area contributed by atoms with E-state index in [1.165, 1.54) is 0 Å². The Bertz CT molecular complexity index is 457.